The van der Waals surface area contributed by atoms with Crippen LogP contribution in [0.15, 0.2) is 28.6 Å². The molecule has 1 spiro atoms. The van der Waals surface area contributed by atoms with Crippen molar-refractivity contribution in [1.82, 2.24) is 9.62 Å². The fraction of sp³-hybridized carbons (Fsp3) is 0.593. The number of aliphatic imine (C=N–C) groups is 1. The van der Waals surface area contributed by atoms with E-state index in [1.54, 1.807) is 0 Å². The third kappa shape index (κ3) is 6.96. The number of hydrogen-bond donors (Lipinski definition) is 2. The fourth-order valence-corrected chi connectivity index (χ4v) is 6.68. The summed E-state index contributed by atoms with van der Waals surface area (Å²) < 4.78 is 68.4. The van der Waals surface area contributed by atoms with E-state index in [0.29, 0.717) is 5.84 Å². The Kier molecular flexibility index (Phi) is 8.97. The normalized spacial score (nSPS) is 20.9. The molecule has 1 saturated carbocycles. The van der Waals surface area contributed by atoms with Crippen molar-refractivity contribution in [3.63, 3.8) is 0 Å². The van der Waals surface area contributed by atoms with Gasteiger partial charge >= 0.3 is 6.18 Å². The van der Waals surface area contributed by atoms with Gasteiger partial charge in [0.1, 0.15) is 17.2 Å². The molecule has 12 heteroatoms. The van der Waals surface area contributed by atoms with E-state index in [1.807, 2.05) is 0 Å². The third-order valence-electron chi connectivity index (χ3n) is 7.76. The average Bonchev–Trinajstić information content (AvgIpc) is 3.22. The second kappa shape index (κ2) is 11.9. The number of carbonyl (C=O) groups excluding carboxylic acids is 2. The lowest BCUT2D eigenvalue weighted by Gasteiger charge is -2.34. The lowest BCUT2D eigenvalue weighted by Crippen LogP contribution is -2.50. The van der Waals surface area contributed by atoms with Gasteiger partial charge in [-0.2, -0.15) is 17.5 Å². The first-order chi connectivity index (χ1) is 18.4. The monoisotopic (exact) mass is 569 g/mol. The Morgan fingerprint density at radius 3 is 2.51 bits per heavy atom. The van der Waals surface area contributed by atoms with Gasteiger partial charge in [-0.25, -0.2) is 8.42 Å². The van der Waals surface area contributed by atoms with E-state index in [0.717, 1.165) is 53.6 Å². The molecule has 2 fully saturated rings. The summed E-state index contributed by atoms with van der Waals surface area (Å²) in [6.07, 6.45) is 1.95. The smallest absolute Gasteiger partial charge is 0.396 e. The number of rotatable bonds is 9. The molecule has 8 nitrogen and oxygen atoms in total. The molecule has 2 N–H and O–H groups in total. The number of benzene rings is 1. The maximum atomic E-state index is 13.8. The van der Waals surface area contributed by atoms with Gasteiger partial charge in [-0.15, -0.1) is 0 Å². The van der Waals surface area contributed by atoms with E-state index in [4.69, 9.17) is 10.1 Å². The molecule has 0 atom stereocenters. The molecule has 39 heavy (non-hydrogen) atoms. The number of carbonyl (C=O) groups is 2. The van der Waals surface area contributed by atoms with Crippen LogP contribution in [0.1, 0.15) is 74.5 Å². The number of piperidine rings is 1. The highest BCUT2D eigenvalue weighted by molar-refractivity contribution is 7.92. The van der Waals surface area contributed by atoms with Gasteiger partial charge in [0.25, 0.3) is 5.91 Å². The number of halogens is 3. The summed E-state index contributed by atoms with van der Waals surface area (Å²) >= 11 is 0. The minimum atomic E-state index is -4.75. The molecule has 1 amide bonds. The van der Waals surface area contributed by atoms with Crippen molar-refractivity contribution < 1.29 is 36.3 Å². The summed E-state index contributed by atoms with van der Waals surface area (Å²) in [4.78, 5) is 29.5. The minimum absolute atomic E-state index is 0.0303. The molecule has 214 valence electrons. The zero-order valence-electron chi connectivity index (χ0n) is 21.7. The number of nitrogens with zero attached hydrogens (tertiary/aromatic N) is 2. The molecule has 1 aromatic carbocycles. The molecule has 4 rings (SSSR count). The maximum absolute atomic E-state index is 13.8. The summed E-state index contributed by atoms with van der Waals surface area (Å²) in [6, 6.07) is 3.37. The highest BCUT2D eigenvalue weighted by Gasteiger charge is 2.48. The number of amides is 1. The number of Topliss-reactive ketones (excluding diaryl/α,β-unsaturated/α-hetero) is 1. The van der Waals surface area contributed by atoms with Gasteiger partial charge in [-0.1, -0.05) is 31.4 Å². The largest absolute Gasteiger partial charge is 0.416 e. The van der Waals surface area contributed by atoms with Gasteiger partial charge in [0, 0.05) is 43.9 Å². The predicted molar refractivity (Wildman–Crippen MR) is 140 cm³/mol. The van der Waals surface area contributed by atoms with Crippen molar-refractivity contribution in [2.24, 2.45) is 10.9 Å². The summed E-state index contributed by atoms with van der Waals surface area (Å²) in [5.74, 6) is 0.422. The second-order valence-corrected chi connectivity index (χ2v) is 12.3. The number of sulfonamides is 1. The Hall–Kier alpha value is -2.57. The van der Waals surface area contributed by atoms with Crippen molar-refractivity contribution >= 4 is 33.6 Å². The highest BCUT2D eigenvalue weighted by Crippen LogP contribution is 2.36. The molecule has 1 saturated heterocycles. The first-order valence-electron chi connectivity index (χ1n) is 13.4. The Labute approximate surface area is 226 Å². The number of nitrogens with one attached hydrogen (secondary N) is 1. The maximum Gasteiger partial charge on any atom is 0.416 e. The van der Waals surface area contributed by atoms with E-state index >= 15 is 0 Å². The summed E-state index contributed by atoms with van der Waals surface area (Å²) in [5, 5.41) is 12.5. The Bertz CT molecular complexity index is 1250. The summed E-state index contributed by atoms with van der Waals surface area (Å²) in [5.41, 5.74) is -2.19. The molecule has 2 aliphatic heterocycles. The van der Waals surface area contributed by atoms with E-state index in [-0.39, 0.29) is 80.5 Å². The van der Waals surface area contributed by atoms with Crippen LogP contribution in [0, 0.1) is 5.92 Å². The molecule has 0 bridgehead atoms. The molecule has 0 aromatic heterocycles. The fourth-order valence-electron chi connectivity index (χ4n) is 5.50. The number of amidine groups is 1. The van der Waals surface area contributed by atoms with Gasteiger partial charge in [-0.3, -0.25) is 14.6 Å². The van der Waals surface area contributed by atoms with Crippen LogP contribution in [0.25, 0.3) is 6.08 Å². The van der Waals surface area contributed by atoms with Gasteiger partial charge in [0.2, 0.25) is 10.0 Å². The van der Waals surface area contributed by atoms with E-state index in [2.05, 4.69) is 5.32 Å². The van der Waals surface area contributed by atoms with Crippen molar-refractivity contribution in [2.45, 2.75) is 75.9 Å². The van der Waals surface area contributed by atoms with E-state index in [9.17, 15) is 31.2 Å². The quantitative estimate of drug-likeness (QED) is 0.469. The number of ketones is 1. The van der Waals surface area contributed by atoms with Gasteiger partial charge < -0.3 is 10.4 Å². The SMILES string of the molecule is O=C(CCCO)Cc1ccc(/C=C/S(=O)(=O)N2CCC3(CC2)N=C(C2CCCCC2)NC3=O)c(C(F)(F)F)c1. The second-order valence-electron chi connectivity index (χ2n) is 10.5. The summed E-state index contributed by atoms with van der Waals surface area (Å²) in [6.45, 7) is -0.122. The predicted octanol–water partition coefficient (Wildman–Crippen LogP) is 3.83. The van der Waals surface area contributed by atoms with Crippen molar-refractivity contribution in [1.29, 1.82) is 0 Å². The average molecular weight is 570 g/mol. The Balaban J connectivity index is 1.45. The molecule has 1 aliphatic carbocycles. The molecule has 0 unspecified atom stereocenters. The number of hydrogen-bond acceptors (Lipinski definition) is 6. The van der Waals surface area contributed by atoms with Crippen molar-refractivity contribution in [2.75, 3.05) is 19.7 Å². The standard InChI is InChI=1S/C27H34F3N3O5S/c28-27(29,30)23-18-19(17-22(35)7-4-15-34)8-9-20(23)10-16-39(37,38)33-13-11-26(12-14-33)25(36)31-24(32-26)21-5-2-1-3-6-21/h8-10,16,18,21,34H,1-7,11-15,17H2,(H,31,32,36)/b16-10+. The van der Waals surface area contributed by atoms with Crippen LogP contribution in [-0.4, -0.2) is 60.6 Å². The lowest BCUT2D eigenvalue weighted by atomic mass is 9.88. The topological polar surface area (TPSA) is 116 Å². The molecule has 1 aromatic rings. The zero-order valence-corrected chi connectivity index (χ0v) is 22.5. The van der Waals surface area contributed by atoms with Crippen molar-refractivity contribution in [3.05, 3.63) is 40.3 Å². The lowest BCUT2D eigenvalue weighted by molar-refractivity contribution is -0.137. The first kappa shape index (κ1) is 29.4. The molecule has 2 heterocycles. The molecular weight excluding hydrogens is 535 g/mol. The van der Waals surface area contributed by atoms with Gasteiger partial charge in [0.15, 0.2) is 0 Å². The number of aliphatic hydroxyl groups excluding tert-OH is 1. The van der Waals surface area contributed by atoms with Crippen LogP contribution in [0.3, 0.4) is 0 Å². The molecular formula is C27H34F3N3O5S. The summed E-state index contributed by atoms with van der Waals surface area (Å²) in [7, 11) is -4.05. The van der Waals surface area contributed by atoms with E-state index < -0.39 is 27.3 Å². The molecule has 0 radical (unpaired) electrons. The van der Waals surface area contributed by atoms with Crippen LogP contribution in [0.4, 0.5) is 13.2 Å². The van der Waals surface area contributed by atoms with Crippen LogP contribution in [-0.2, 0) is 32.2 Å². The highest BCUT2D eigenvalue weighted by atomic mass is 32.2. The minimum Gasteiger partial charge on any atom is -0.396 e. The van der Waals surface area contributed by atoms with Crippen LogP contribution in [0.5, 0.6) is 0 Å². The Morgan fingerprint density at radius 2 is 1.87 bits per heavy atom. The molecule has 3 aliphatic rings. The van der Waals surface area contributed by atoms with Gasteiger partial charge in [0.05, 0.1) is 5.56 Å². The van der Waals surface area contributed by atoms with Crippen LogP contribution in [0.2, 0.25) is 0 Å². The van der Waals surface area contributed by atoms with Crippen LogP contribution < -0.4 is 5.32 Å². The first-order valence-corrected chi connectivity index (χ1v) is 14.9. The number of alkyl halides is 3. The Morgan fingerprint density at radius 1 is 1.18 bits per heavy atom. The van der Waals surface area contributed by atoms with Gasteiger partial charge in [-0.05, 0) is 55.4 Å². The third-order valence-corrected chi connectivity index (χ3v) is 9.32. The number of aliphatic hydroxyl groups is 1. The van der Waals surface area contributed by atoms with Crippen molar-refractivity contribution in [3.8, 4) is 0 Å². The van der Waals surface area contributed by atoms with Crippen LogP contribution >= 0.6 is 0 Å². The zero-order chi connectivity index (χ0) is 28.3. The van der Waals surface area contributed by atoms with E-state index in [1.165, 1.54) is 12.5 Å².